The van der Waals surface area contributed by atoms with Crippen LogP contribution >= 0.6 is 11.6 Å². The van der Waals surface area contributed by atoms with Crippen LogP contribution in [0.5, 0.6) is 0 Å². The van der Waals surface area contributed by atoms with Crippen LogP contribution < -0.4 is 4.90 Å². The minimum atomic E-state index is -0.345. The van der Waals surface area contributed by atoms with Gasteiger partial charge in [0, 0.05) is 43.2 Å². The van der Waals surface area contributed by atoms with Gasteiger partial charge in [0.2, 0.25) is 0 Å². The van der Waals surface area contributed by atoms with Gasteiger partial charge in [-0.05, 0) is 66.3 Å². The molecule has 2 heterocycles. The lowest BCUT2D eigenvalue weighted by atomic mass is 9.90. The Balaban J connectivity index is 1.14. The van der Waals surface area contributed by atoms with E-state index in [1.54, 1.807) is 4.90 Å². The average molecular weight is 437 g/mol. The van der Waals surface area contributed by atoms with Crippen molar-refractivity contribution in [1.82, 2.24) is 4.90 Å². The predicted octanol–water partition coefficient (Wildman–Crippen LogP) is 6.09. The molecule has 4 fully saturated rings. The molecule has 2 aliphatic carbocycles. The summed E-state index contributed by atoms with van der Waals surface area (Å²) in [4.78, 5) is 16.8. The zero-order valence-corrected chi connectivity index (χ0v) is 18.6. The molecular formula is C26H29ClN2O2. The van der Waals surface area contributed by atoms with Gasteiger partial charge in [-0.25, -0.2) is 4.79 Å². The van der Waals surface area contributed by atoms with E-state index in [1.807, 2.05) is 30.3 Å². The number of halogens is 1. The standard InChI is InChI=1S/C26H29ClN2O2/c27-24-22(19-6-7-19)14-18(15-23(24)20-8-9-20)16-28-12-10-26(11-13-28)17-29(25(30)31-26)21-4-2-1-3-5-21/h1-5,14-15,19-20H,6-13,16-17H2. The first-order valence-corrected chi connectivity index (χ1v) is 12.1. The van der Waals surface area contributed by atoms with Gasteiger partial charge >= 0.3 is 6.09 Å². The molecule has 6 rings (SSSR count). The summed E-state index contributed by atoms with van der Waals surface area (Å²) in [5.74, 6) is 1.35. The molecule has 1 spiro atoms. The maximum absolute atomic E-state index is 12.5. The third-order valence-electron chi connectivity index (χ3n) is 7.43. The number of hydrogen-bond acceptors (Lipinski definition) is 3. The van der Waals surface area contributed by atoms with E-state index in [2.05, 4.69) is 17.0 Å². The Morgan fingerprint density at radius 2 is 1.58 bits per heavy atom. The van der Waals surface area contributed by atoms with Crippen LogP contribution in [0.2, 0.25) is 5.02 Å². The molecule has 2 aromatic carbocycles. The van der Waals surface area contributed by atoms with E-state index in [9.17, 15) is 4.79 Å². The van der Waals surface area contributed by atoms with E-state index in [0.717, 1.165) is 43.2 Å². The second kappa shape index (κ2) is 7.53. The number of piperidine rings is 1. The highest BCUT2D eigenvalue weighted by Gasteiger charge is 2.47. The minimum absolute atomic E-state index is 0.208. The van der Waals surface area contributed by atoms with E-state index < -0.39 is 0 Å². The minimum Gasteiger partial charge on any atom is -0.441 e. The van der Waals surface area contributed by atoms with Gasteiger partial charge in [-0.15, -0.1) is 0 Å². The molecular weight excluding hydrogens is 408 g/mol. The van der Waals surface area contributed by atoms with Crippen LogP contribution in [0.4, 0.5) is 10.5 Å². The topological polar surface area (TPSA) is 32.8 Å². The second-order valence-electron chi connectivity index (χ2n) is 9.89. The molecule has 2 saturated carbocycles. The van der Waals surface area contributed by atoms with Crippen molar-refractivity contribution < 1.29 is 9.53 Å². The maximum Gasteiger partial charge on any atom is 0.415 e. The molecule has 0 unspecified atom stereocenters. The molecule has 0 aromatic heterocycles. The average Bonchev–Trinajstić information content (AvgIpc) is 3.69. The van der Waals surface area contributed by atoms with Crippen LogP contribution in [0.15, 0.2) is 42.5 Å². The van der Waals surface area contributed by atoms with Gasteiger partial charge in [-0.3, -0.25) is 9.80 Å². The number of para-hydroxylation sites is 1. The quantitative estimate of drug-likeness (QED) is 0.568. The Labute approximate surface area is 189 Å². The molecule has 2 aliphatic heterocycles. The SMILES string of the molecule is O=C1OC2(CCN(Cc3cc(C4CC4)c(Cl)c(C4CC4)c3)CC2)CN1c1ccccc1. The Morgan fingerprint density at radius 3 is 2.16 bits per heavy atom. The fourth-order valence-electron chi connectivity index (χ4n) is 5.28. The van der Waals surface area contributed by atoms with Crippen molar-refractivity contribution >= 4 is 23.4 Å². The van der Waals surface area contributed by atoms with Gasteiger partial charge in [0.15, 0.2) is 0 Å². The van der Waals surface area contributed by atoms with Gasteiger partial charge in [-0.1, -0.05) is 41.9 Å². The van der Waals surface area contributed by atoms with Crippen LogP contribution in [0.1, 0.15) is 67.1 Å². The number of likely N-dealkylation sites (tertiary alicyclic amines) is 1. The van der Waals surface area contributed by atoms with Gasteiger partial charge < -0.3 is 4.74 Å². The molecule has 0 radical (unpaired) electrons. The molecule has 2 aromatic rings. The number of nitrogens with zero attached hydrogens (tertiary/aromatic N) is 2. The molecule has 0 bridgehead atoms. The van der Waals surface area contributed by atoms with Crippen molar-refractivity contribution in [3.05, 3.63) is 64.2 Å². The summed E-state index contributed by atoms with van der Waals surface area (Å²) in [7, 11) is 0. The second-order valence-corrected chi connectivity index (χ2v) is 10.3. The molecule has 4 nitrogen and oxygen atoms in total. The van der Waals surface area contributed by atoms with Crippen LogP contribution in [0, 0.1) is 0 Å². The zero-order chi connectivity index (χ0) is 21.0. The highest BCUT2D eigenvalue weighted by molar-refractivity contribution is 6.32. The Kier molecular flexibility index (Phi) is 4.77. The van der Waals surface area contributed by atoms with Gasteiger partial charge in [-0.2, -0.15) is 0 Å². The van der Waals surface area contributed by atoms with Crippen LogP contribution in [-0.4, -0.2) is 36.2 Å². The molecule has 0 N–H and O–H groups in total. The molecule has 0 atom stereocenters. The van der Waals surface area contributed by atoms with E-state index in [4.69, 9.17) is 16.3 Å². The zero-order valence-electron chi connectivity index (χ0n) is 17.9. The number of benzene rings is 2. The van der Waals surface area contributed by atoms with Crippen molar-refractivity contribution in [2.75, 3.05) is 24.5 Å². The lowest BCUT2D eigenvalue weighted by Crippen LogP contribution is -2.46. The third kappa shape index (κ3) is 3.85. The number of carbonyl (C=O) groups excluding carboxylic acids is 1. The number of anilines is 1. The smallest absolute Gasteiger partial charge is 0.415 e. The normalized spacial score (nSPS) is 23.4. The molecule has 1 amide bonds. The molecule has 4 aliphatic rings. The summed E-state index contributed by atoms with van der Waals surface area (Å²) in [5, 5.41) is 1.05. The van der Waals surface area contributed by atoms with Crippen molar-refractivity contribution in [1.29, 1.82) is 0 Å². The van der Waals surface area contributed by atoms with E-state index in [0.29, 0.717) is 18.4 Å². The van der Waals surface area contributed by atoms with Crippen molar-refractivity contribution in [2.24, 2.45) is 0 Å². The van der Waals surface area contributed by atoms with E-state index >= 15 is 0 Å². The number of amides is 1. The van der Waals surface area contributed by atoms with Crippen molar-refractivity contribution in [3.8, 4) is 0 Å². The van der Waals surface area contributed by atoms with Gasteiger partial charge in [0.1, 0.15) is 5.60 Å². The molecule has 162 valence electrons. The maximum atomic E-state index is 12.5. The van der Waals surface area contributed by atoms with Gasteiger partial charge in [0.25, 0.3) is 0 Å². The van der Waals surface area contributed by atoms with Crippen LogP contribution in [-0.2, 0) is 11.3 Å². The number of ether oxygens (including phenoxy) is 1. The summed E-state index contributed by atoms with van der Waals surface area (Å²) < 4.78 is 5.93. The van der Waals surface area contributed by atoms with Crippen molar-refractivity contribution in [2.45, 2.75) is 62.5 Å². The molecule has 5 heteroatoms. The lowest BCUT2D eigenvalue weighted by Gasteiger charge is -2.37. The van der Waals surface area contributed by atoms with E-state index in [-0.39, 0.29) is 11.7 Å². The summed E-state index contributed by atoms with van der Waals surface area (Å²) in [6.45, 7) is 3.53. The molecule has 2 saturated heterocycles. The highest BCUT2D eigenvalue weighted by atomic mass is 35.5. The fraction of sp³-hybridized carbons (Fsp3) is 0.500. The number of carbonyl (C=O) groups is 1. The first-order chi connectivity index (χ1) is 15.1. The van der Waals surface area contributed by atoms with Crippen LogP contribution in [0.25, 0.3) is 0 Å². The Bertz CT molecular complexity index is 959. The lowest BCUT2D eigenvalue weighted by molar-refractivity contribution is -0.000979. The Hall–Kier alpha value is -2.04. The summed E-state index contributed by atoms with van der Waals surface area (Å²) in [6, 6.07) is 14.6. The number of hydrogen-bond donors (Lipinski definition) is 0. The van der Waals surface area contributed by atoms with Gasteiger partial charge in [0.05, 0.1) is 6.54 Å². The predicted molar refractivity (Wildman–Crippen MR) is 123 cm³/mol. The first-order valence-electron chi connectivity index (χ1n) is 11.7. The van der Waals surface area contributed by atoms with E-state index in [1.165, 1.54) is 42.4 Å². The highest BCUT2D eigenvalue weighted by Crippen LogP contribution is 2.50. The van der Waals surface area contributed by atoms with Crippen LogP contribution in [0.3, 0.4) is 0 Å². The third-order valence-corrected chi connectivity index (χ3v) is 7.87. The molecule has 31 heavy (non-hydrogen) atoms. The van der Waals surface area contributed by atoms with Crippen molar-refractivity contribution in [3.63, 3.8) is 0 Å². The summed E-state index contributed by atoms with van der Waals surface area (Å²) in [5.41, 5.74) is 4.75. The largest absolute Gasteiger partial charge is 0.441 e. The first kappa shape index (κ1) is 19.6. The Morgan fingerprint density at radius 1 is 0.968 bits per heavy atom. The number of rotatable bonds is 5. The monoisotopic (exact) mass is 436 g/mol. The summed E-state index contributed by atoms with van der Waals surface area (Å²) >= 11 is 6.79. The summed E-state index contributed by atoms with van der Waals surface area (Å²) in [6.07, 6.45) is 6.69. The fourth-order valence-corrected chi connectivity index (χ4v) is 5.69.